The molecule has 0 saturated carbocycles. The Hall–Kier alpha value is -1.53. The second kappa shape index (κ2) is 4.38. The molecule has 17 heavy (non-hydrogen) atoms. The average molecular weight is 242 g/mol. The van der Waals surface area contributed by atoms with E-state index in [1.54, 1.807) is 6.92 Å². The standard InChI is InChI=1S/C11H12F2N2O2/c1-2-7(14)9(16)11-15-8-4-5(12)3-6(13)10(8)17-11/h3-4,7,9,16H,2,14H2,1H3. The lowest BCUT2D eigenvalue weighted by Gasteiger charge is -2.12. The number of aliphatic hydroxyl groups excluding tert-OH is 1. The predicted octanol–water partition coefficient (Wildman–Crippen LogP) is 1.88. The fourth-order valence-electron chi connectivity index (χ4n) is 1.51. The van der Waals surface area contributed by atoms with Crippen molar-refractivity contribution in [3.8, 4) is 0 Å². The maximum absolute atomic E-state index is 13.3. The highest BCUT2D eigenvalue weighted by atomic mass is 19.1. The molecule has 2 atom stereocenters. The molecule has 2 unspecified atom stereocenters. The van der Waals surface area contributed by atoms with Crippen molar-refractivity contribution in [2.45, 2.75) is 25.5 Å². The van der Waals surface area contributed by atoms with E-state index in [1.807, 2.05) is 0 Å². The third-order valence-corrected chi connectivity index (χ3v) is 2.56. The lowest BCUT2D eigenvalue weighted by molar-refractivity contribution is 0.115. The summed E-state index contributed by atoms with van der Waals surface area (Å²) in [7, 11) is 0. The Kier molecular flexibility index (Phi) is 3.08. The Morgan fingerprint density at radius 2 is 2.18 bits per heavy atom. The molecule has 2 rings (SSSR count). The molecule has 1 aromatic heterocycles. The third kappa shape index (κ3) is 2.13. The third-order valence-electron chi connectivity index (χ3n) is 2.56. The SMILES string of the molecule is CCC(N)C(O)c1nc2cc(F)cc(F)c2o1. The number of fused-ring (bicyclic) bond motifs is 1. The van der Waals surface area contributed by atoms with Crippen LogP contribution in [0.15, 0.2) is 16.5 Å². The van der Waals surface area contributed by atoms with Crippen LogP contribution in [0.3, 0.4) is 0 Å². The molecule has 0 aliphatic heterocycles. The Morgan fingerprint density at radius 1 is 1.47 bits per heavy atom. The first-order chi connectivity index (χ1) is 8.02. The van der Waals surface area contributed by atoms with E-state index in [0.29, 0.717) is 12.5 Å². The van der Waals surface area contributed by atoms with Crippen molar-refractivity contribution in [3.63, 3.8) is 0 Å². The zero-order valence-corrected chi connectivity index (χ0v) is 9.15. The summed E-state index contributed by atoms with van der Waals surface area (Å²) >= 11 is 0. The van der Waals surface area contributed by atoms with Crippen molar-refractivity contribution in [1.29, 1.82) is 0 Å². The predicted molar refractivity (Wildman–Crippen MR) is 57.2 cm³/mol. The first kappa shape index (κ1) is 11.9. The van der Waals surface area contributed by atoms with Crippen molar-refractivity contribution in [2.75, 3.05) is 0 Å². The molecule has 0 radical (unpaired) electrons. The van der Waals surface area contributed by atoms with E-state index < -0.39 is 23.8 Å². The zero-order valence-electron chi connectivity index (χ0n) is 9.15. The number of oxazole rings is 1. The molecule has 3 N–H and O–H groups in total. The van der Waals surface area contributed by atoms with Gasteiger partial charge < -0.3 is 15.3 Å². The van der Waals surface area contributed by atoms with Crippen LogP contribution >= 0.6 is 0 Å². The molecule has 0 spiro atoms. The van der Waals surface area contributed by atoms with Gasteiger partial charge >= 0.3 is 0 Å². The van der Waals surface area contributed by atoms with Crippen molar-refractivity contribution >= 4 is 11.1 Å². The Bertz CT molecular complexity index is 541. The van der Waals surface area contributed by atoms with Crippen molar-refractivity contribution < 1.29 is 18.3 Å². The van der Waals surface area contributed by atoms with E-state index >= 15 is 0 Å². The molecule has 1 aromatic carbocycles. The molecule has 0 aliphatic rings. The van der Waals surface area contributed by atoms with Gasteiger partial charge in [-0.2, -0.15) is 0 Å². The van der Waals surface area contributed by atoms with Gasteiger partial charge in [0, 0.05) is 18.2 Å². The lowest BCUT2D eigenvalue weighted by atomic mass is 10.1. The molecular formula is C11H12F2N2O2. The number of benzene rings is 1. The van der Waals surface area contributed by atoms with Crippen molar-refractivity contribution in [2.24, 2.45) is 5.73 Å². The van der Waals surface area contributed by atoms with Crippen molar-refractivity contribution in [1.82, 2.24) is 4.98 Å². The highest BCUT2D eigenvalue weighted by Crippen LogP contribution is 2.25. The molecule has 4 nitrogen and oxygen atoms in total. The molecular weight excluding hydrogens is 230 g/mol. The molecule has 0 bridgehead atoms. The number of nitrogens with zero attached hydrogens (tertiary/aromatic N) is 1. The normalized spacial score (nSPS) is 15.1. The topological polar surface area (TPSA) is 72.3 Å². The number of nitrogens with two attached hydrogens (primary N) is 1. The fourth-order valence-corrected chi connectivity index (χ4v) is 1.51. The summed E-state index contributed by atoms with van der Waals surface area (Å²) in [4.78, 5) is 3.83. The monoisotopic (exact) mass is 242 g/mol. The average Bonchev–Trinajstić information content (AvgIpc) is 2.70. The van der Waals surface area contributed by atoms with Gasteiger partial charge in [0.2, 0.25) is 5.89 Å². The van der Waals surface area contributed by atoms with E-state index in [0.717, 1.165) is 6.07 Å². The number of halogens is 2. The minimum atomic E-state index is -1.13. The molecule has 0 saturated heterocycles. The molecule has 0 aliphatic carbocycles. The molecule has 6 heteroatoms. The van der Waals surface area contributed by atoms with Crippen LogP contribution in [-0.2, 0) is 0 Å². The van der Waals surface area contributed by atoms with E-state index in [-0.39, 0.29) is 17.0 Å². The van der Waals surface area contributed by atoms with Gasteiger partial charge in [0.1, 0.15) is 17.4 Å². The van der Waals surface area contributed by atoms with E-state index in [1.165, 1.54) is 0 Å². The van der Waals surface area contributed by atoms with Gasteiger partial charge in [-0.1, -0.05) is 6.92 Å². The van der Waals surface area contributed by atoms with Gasteiger partial charge in [-0.3, -0.25) is 0 Å². The summed E-state index contributed by atoms with van der Waals surface area (Å²) < 4.78 is 31.3. The summed E-state index contributed by atoms with van der Waals surface area (Å²) in [5, 5.41) is 9.75. The van der Waals surface area contributed by atoms with Gasteiger partial charge in [0.15, 0.2) is 11.4 Å². The Morgan fingerprint density at radius 3 is 2.82 bits per heavy atom. The van der Waals surface area contributed by atoms with E-state index in [9.17, 15) is 13.9 Å². The minimum absolute atomic E-state index is 0.0276. The number of aromatic nitrogens is 1. The van der Waals surface area contributed by atoms with Gasteiger partial charge in [-0.05, 0) is 6.42 Å². The lowest BCUT2D eigenvalue weighted by Crippen LogP contribution is -2.27. The van der Waals surface area contributed by atoms with E-state index in [4.69, 9.17) is 10.2 Å². The smallest absolute Gasteiger partial charge is 0.226 e. The molecule has 2 aromatic rings. The summed E-state index contributed by atoms with van der Waals surface area (Å²) in [6.07, 6.45) is -0.619. The fraction of sp³-hybridized carbons (Fsp3) is 0.364. The zero-order chi connectivity index (χ0) is 12.6. The summed E-state index contributed by atoms with van der Waals surface area (Å²) in [6, 6.07) is 1.18. The van der Waals surface area contributed by atoms with Crippen LogP contribution < -0.4 is 5.73 Å². The van der Waals surface area contributed by atoms with Crippen molar-refractivity contribution in [3.05, 3.63) is 29.7 Å². The number of hydrogen-bond acceptors (Lipinski definition) is 4. The minimum Gasteiger partial charge on any atom is -0.435 e. The second-order valence-corrected chi connectivity index (χ2v) is 3.80. The number of aliphatic hydroxyl groups is 1. The van der Waals surface area contributed by atoms with Gasteiger partial charge in [0.05, 0.1) is 0 Å². The second-order valence-electron chi connectivity index (χ2n) is 3.80. The Balaban J connectivity index is 2.48. The van der Waals surface area contributed by atoms with Gasteiger partial charge in [-0.15, -0.1) is 0 Å². The van der Waals surface area contributed by atoms with E-state index in [2.05, 4.69) is 4.98 Å². The molecule has 92 valence electrons. The van der Waals surface area contributed by atoms with Crippen LogP contribution in [0.5, 0.6) is 0 Å². The first-order valence-corrected chi connectivity index (χ1v) is 5.22. The number of hydrogen-bond donors (Lipinski definition) is 2. The maximum atomic E-state index is 13.3. The van der Waals surface area contributed by atoms with Crippen LogP contribution in [0, 0.1) is 11.6 Å². The quantitative estimate of drug-likeness (QED) is 0.861. The molecule has 0 fully saturated rings. The molecule has 0 amide bonds. The largest absolute Gasteiger partial charge is 0.435 e. The summed E-state index contributed by atoms with van der Waals surface area (Å²) in [5.41, 5.74) is 5.47. The maximum Gasteiger partial charge on any atom is 0.226 e. The first-order valence-electron chi connectivity index (χ1n) is 5.22. The van der Waals surface area contributed by atoms with Gasteiger partial charge in [-0.25, -0.2) is 13.8 Å². The van der Waals surface area contributed by atoms with Crippen LogP contribution in [0.2, 0.25) is 0 Å². The highest BCUT2D eigenvalue weighted by Gasteiger charge is 2.22. The Labute approximate surface area is 96.1 Å². The molecule has 1 heterocycles. The van der Waals surface area contributed by atoms with Crippen LogP contribution in [0.25, 0.3) is 11.1 Å². The summed E-state index contributed by atoms with van der Waals surface area (Å²) in [5.74, 6) is -1.70. The van der Waals surface area contributed by atoms with Crippen LogP contribution in [-0.4, -0.2) is 16.1 Å². The highest BCUT2D eigenvalue weighted by molar-refractivity contribution is 5.73. The van der Waals surface area contributed by atoms with Gasteiger partial charge in [0.25, 0.3) is 0 Å². The van der Waals surface area contributed by atoms with Crippen LogP contribution in [0.4, 0.5) is 8.78 Å². The number of rotatable bonds is 3. The summed E-state index contributed by atoms with van der Waals surface area (Å²) in [6.45, 7) is 1.79. The van der Waals surface area contributed by atoms with Crippen LogP contribution in [0.1, 0.15) is 25.3 Å².